The van der Waals surface area contributed by atoms with Crippen molar-refractivity contribution in [2.24, 2.45) is 0 Å². The number of nitrogens with zero attached hydrogens (tertiary/aromatic N) is 3. The van der Waals surface area contributed by atoms with Gasteiger partial charge in [0.2, 0.25) is 0 Å². The highest BCUT2D eigenvalue weighted by atomic mass is 32.2. The smallest absolute Gasteiger partial charge is 0.268 e. The summed E-state index contributed by atoms with van der Waals surface area (Å²) in [5.74, 6) is 0.503. The van der Waals surface area contributed by atoms with Gasteiger partial charge in [0.25, 0.3) is 10.0 Å². The van der Waals surface area contributed by atoms with Crippen molar-refractivity contribution < 1.29 is 12.9 Å². The number of anilines is 1. The normalized spacial score (nSPS) is 11.6. The molecule has 126 valence electrons. The molecule has 0 radical (unpaired) electrons. The molecular weight excluding hydrogens is 328 g/mol. The molecule has 0 saturated heterocycles. The minimum Gasteiger partial charge on any atom is -0.360 e. The van der Waals surface area contributed by atoms with Gasteiger partial charge in [0.05, 0.1) is 6.54 Å². The number of hydrogen-bond donors (Lipinski definition) is 1. The van der Waals surface area contributed by atoms with E-state index in [0.717, 1.165) is 11.1 Å². The maximum absolute atomic E-state index is 12.5. The molecule has 24 heavy (non-hydrogen) atoms. The molecule has 2 heterocycles. The summed E-state index contributed by atoms with van der Waals surface area (Å²) in [5.41, 5.74) is 2.60. The zero-order chi connectivity index (χ0) is 17.3. The topological polar surface area (TPSA) is 90.0 Å². The number of hydrogen-bond acceptors (Lipinski definition) is 5. The summed E-state index contributed by atoms with van der Waals surface area (Å²) in [5, 5.41) is 7.95. The fourth-order valence-corrected chi connectivity index (χ4v) is 3.84. The minimum atomic E-state index is -3.78. The molecule has 8 heteroatoms. The molecule has 0 saturated carbocycles. The molecule has 3 rings (SSSR count). The Bertz CT molecular complexity index is 953. The summed E-state index contributed by atoms with van der Waals surface area (Å²) in [6.07, 6.45) is 1.73. The second-order valence-corrected chi connectivity index (χ2v) is 7.20. The molecular formula is C16H18N4O3S. The van der Waals surface area contributed by atoms with Gasteiger partial charge in [-0.3, -0.25) is 9.40 Å². The Balaban J connectivity index is 1.80. The van der Waals surface area contributed by atoms with Gasteiger partial charge in [0.15, 0.2) is 16.5 Å². The average molecular weight is 346 g/mol. The summed E-state index contributed by atoms with van der Waals surface area (Å²) < 4.78 is 34.0. The molecule has 0 aliphatic heterocycles. The van der Waals surface area contributed by atoms with E-state index in [0.29, 0.717) is 12.2 Å². The number of rotatable bonds is 5. The van der Waals surface area contributed by atoms with Gasteiger partial charge < -0.3 is 4.52 Å². The number of benzene rings is 1. The van der Waals surface area contributed by atoms with Crippen molar-refractivity contribution in [3.05, 3.63) is 59.1 Å². The fourth-order valence-electron chi connectivity index (χ4n) is 2.51. The van der Waals surface area contributed by atoms with Crippen LogP contribution in [0.1, 0.15) is 22.6 Å². The third-order valence-electron chi connectivity index (χ3n) is 3.71. The van der Waals surface area contributed by atoms with E-state index in [-0.39, 0.29) is 16.5 Å². The van der Waals surface area contributed by atoms with Crippen LogP contribution in [0.5, 0.6) is 0 Å². The first-order valence-corrected chi connectivity index (χ1v) is 8.89. The quantitative estimate of drug-likeness (QED) is 0.767. The van der Waals surface area contributed by atoms with Gasteiger partial charge >= 0.3 is 0 Å². The molecule has 0 fully saturated rings. The molecule has 2 aromatic heterocycles. The molecule has 3 aromatic rings. The second-order valence-electron chi connectivity index (χ2n) is 5.58. The van der Waals surface area contributed by atoms with E-state index >= 15 is 0 Å². The second kappa shape index (κ2) is 6.12. The molecule has 0 aliphatic carbocycles. The fraction of sp³-hybridized carbons (Fsp3) is 0.250. The van der Waals surface area contributed by atoms with Gasteiger partial charge in [0.1, 0.15) is 5.69 Å². The number of nitrogens with one attached hydrogen (secondary N) is 1. The van der Waals surface area contributed by atoms with Gasteiger partial charge in [-0.2, -0.15) is 5.10 Å². The zero-order valence-corrected chi connectivity index (χ0v) is 14.5. The Labute approximate surface area is 140 Å². The summed E-state index contributed by atoms with van der Waals surface area (Å²) >= 11 is 0. The van der Waals surface area contributed by atoms with Gasteiger partial charge in [-0.15, -0.1) is 0 Å². The van der Waals surface area contributed by atoms with Crippen LogP contribution in [-0.2, 0) is 16.6 Å². The lowest BCUT2D eigenvalue weighted by molar-refractivity contribution is 0.390. The van der Waals surface area contributed by atoms with Crippen LogP contribution in [0.2, 0.25) is 0 Å². The van der Waals surface area contributed by atoms with Crippen molar-refractivity contribution in [1.82, 2.24) is 14.9 Å². The first-order chi connectivity index (χ1) is 11.4. The van der Waals surface area contributed by atoms with Crippen molar-refractivity contribution in [1.29, 1.82) is 0 Å². The van der Waals surface area contributed by atoms with Gasteiger partial charge in [-0.25, -0.2) is 8.42 Å². The summed E-state index contributed by atoms with van der Waals surface area (Å²) in [7, 11) is -3.78. The van der Waals surface area contributed by atoms with Crippen molar-refractivity contribution in [3.63, 3.8) is 0 Å². The Morgan fingerprint density at radius 1 is 1.17 bits per heavy atom. The first kappa shape index (κ1) is 16.3. The first-order valence-electron chi connectivity index (χ1n) is 7.40. The Morgan fingerprint density at radius 2 is 1.92 bits per heavy atom. The van der Waals surface area contributed by atoms with Crippen LogP contribution >= 0.6 is 0 Å². The van der Waals surface area contributed by atoms with Crippen LogP contribution in [-0.4, -0.2) is 23.4 Å². The average Bonchev–Trinajstić information content (AvgIpc) is 3.08. The van der Waals surface area contributed by atoms with E-state index in [1.165, 1.54) is 0 Å². The third-order valence-corrected chi connectivity index (χ3v) is 5.31. The number of aromatic nitrogens is 3. The summed E-state index contributed by atoms with van der Waals surface area (Å²) in [6.45, 7) is 5.74. The van der Waals surface area contributed by atoms with Crippen molar-refractivity contribution >= 4 is 15.8 Å². The highest BCUT2D eigenvalue weighted by Gasteiger charge is 2.24. The Morgan fingerprint density at radius 3 is 2.58 bits per heavy atom. The highest BCUT2D eigenvalue weighted by molar-refractivity contribution is 7.92. The third kappa shape index (κ3) is 3.18. The van der Waals surface area contributed by atoms with Crippen LogP contribution in [0.15, 0.2) is 45.9 Å². The Hall–Kier alpha value is -2.61. The number of sulfonamides is 1. The van der Waals surface area contributed by atoms with E-state index < -0.39 is 10.0 Å². The van der Waals surface area contributed by atoms with Crippen molar-refractivity contribution in [3.8, 4) is 0 Å². The van der Waals surface area contributed by atoms with Crippen LogP contribution in [0.4, 0.5) is 5.82 Å². The van der Waals surface area contributed by atoms with Crippen LogP contribution in [0, 0.1) is 20.8 Å². The lowest BCUT2D eigenvalue weighted by Gasteiger charge is -2.06. The molecule has 0 bridgehead atoms. The van der Waals surface area contributed by atoms with E-state index in [1.54, 1.807) is 30.8 Å². The molecule has 7 nitrogen and oxygen atoms in total. The largest absolute Gasteiger partial charge is 0.360 e. The van der Waals surface area contributed by atoms with E-state index in [2.05, 4.69) is 15.0 Å². The molecule has 0 atom stereocenters. The predicted molar refractivity (Wildman–Crippen MR) is 89.3 cm³/mol. The SMILES string of the molecule is Cc1ccccc1Cn1ccc(NS(=O)(=O)c2c(C)noc2C)n1. The van der Waals surface area contributed by atoms with Gasteiger partial charge in [-0.05, 0) is 31.9 Å². The lowest BCUT2D eigenvalue weighted by atomic mass is 10.1. The minimum absolute atomic E-state index is 0.0518. The molecule has 1 N–H and O–H groups in total. The monoisotopic (exact) mass is 346 g/mol. The maximum atomic E-state index is 12.5. The van der Waals surface area contributed by atoms with E-state index in [4.69, 9.17) is 4.52 Å². The molecule has 0 aliphatic rings. The lowest BCUT2D eigenvalue weighted by Crippen LogP contribution is -2.15. The highest BCUT2D eigenvalue weighted by Crippen LogP contribution is 2.21. The van der Waals surface area contributed by atoms with Crippen molar-refractivity contribution in [2.45, 2.75) is 32.2 Å². The van der Waals surface area contributed by atoms with Crippen LogP contribution < -0.4 is 4.72 Å². The molecule has 0 unspecified atom stereocenters. The summed E-state index contributed by atoms with van der Waals surface area (Å²) in [6, 6.07) is 9.61. The molecule has 1 aromatic carbocycles. The molecule has 0 spiro atoms. The van der Waals surface area contributed by atoms with E-state index in [1.807, 2.05) is 31.2 Å². The van der Waals surface area contributed by atoms with Gasteiger partial charge in [0, 0.05) is 12.3 Å². The molecule has 0 amide bonds. The van der Waals surface area contributed by atoms with Crippen LogP contribution in [0.25, 0.3) is 0 Å². The zero-order valence-electron chi connectivity index (χ0n) is 13.6. The standard InChI is InChI=1S/C16H18N4O3S/c1-11-6-4-5-7-14(11)10-20-9-8-15(17-20)19-24(21,22)16-12(2)18-23-13(16)3/h4-9H,10H2,1-3H3,(H,17,19). The predicted octanol–water partition coefficient (Wildman–Crippen LogP) is 2.65. The van der Waals surface area contributed by atoms with E-state index in [9.17, 15) is 8.42 Å². The van der Waals surface area contributed by atoms with Crippen LogP contribution in [0.3, 0.4) is 0 Å². The Kier molecular flexibility index (Phi) is 4.15. The van der Waals surface area contributed by atoms with Crippen molar-refractivity contribution in [2.75, 3.05) is 4.72 Å². The number of aryl methyl sites for hydroxylation is 3. The maximum Gasteiger partial charge on any atom is 0.268 e. The van der Waals surface area contributed by atoms with Gasteiger partial charge in [-0.1, -0.05) is 29.4 Å². The summed E-state index contributed by atoms with van der Waals surface area (Å²) in [4.78, 5) is 0.0518.